The van der Waals surface area contributed by atoms with Gasteiger partial charge in [0.25, 0.3) is 5.69 Å². The van der Waals surface area contributed by atoms with Gasteiger partial charge in [-0.3, -0.25) is 14.9 Å². The van der Waals surface area contributed by atoms with Gasteiger partial charge in [0.2, 0.25) is 0 Å². The molecule has 1 aromatic heterocycles. The van der Waals surface area contributed by atoms with Gasteiger partial charge in [0, 0.05) is 29.7 Å². The van der Waals surface area contributed by atoms with E-state index in [2.05, 4.69) is 4.98 Å². The van der Waals surface area contributed by atoms with Crippen LogP contribution in [0.2, 0.25) is 0 Å². The van der Waals surface area contributed by atoms with Crippen LogP contribution in [0.3, 0.4) is 0 Å². The number of carbonyl (C=O) groups excluding carboxylic acids is 1. The fourth-order valence-electron chi connectivity index (χ4n) is 3.38. The van der Waals surface area contributed by atoms with Crippen molar-refractivity contribution >= 4 is 28.2 Å². The molecule has 2 aromatic carbocycles. The number of alkyl halides is 3. The van der Waals surface area contributed by atoms with Crippen LogP contribution in [0.5, 0.6) is 5.75 Å². The molecule has 0 fully saturated rings. The molecule has 0 aliphatic heterocycles. The predicted octanol–water partition coefficient (Wildman–Crippen LogP) is 4.06. The zero-order valence-electron chi connectivity index (χ0n) is 16.9. The number of hydrogen-bond donors (Lipinski definition) is 2. The second-order valence-corrected chi connectivity index (χ2v) is 7.05. The van der Waals surface area contributed by atoms with E-state index in [0.717, 1.165) is 16.5 Å². The number of nitro groups is 1. The summed E-state index contributed by atoms with van der Waals surface area (Å²) in [5.74, 6) is -2.00. The van der Waals surface area contributed by atoms with Crippen LogP contribution in [0, 0.1) is 10.1 Å². The molecule has 3 N–H and O–H groups in total. The fraction of sp³-hybridized carbons (Fsp3) is 0.286. The number of para-hydroxylation sites is 2. The number of aromatic nitrogens is 1. The van der Waals surface area contributed by atoms with Crippen LogP contribution in [0.1, 0.15) is 12.0 Å². The van der Waals surface area contributed by atoms with E-state index in [0.29, 0.717) is 17.7 Å². The molecule has 0 saturated heterocycles. The van der Waals surface area contributed by atoms with Crippen molar-refractivity contribution in [2.75, 3.05) is 25.4 Å². The maximum atomic E-state index is 13.0. The van der Waals surface area contributed by atoms with Crippen LogP contribution in [0.15, 0.2) is 48.7 Å². The first-order chi connectivity index (χ1) is 15.2. The number of nitrogens with one attached hydrogen (secondary N) is 1. The third-order valence-corrected chi connectivity index (χ3v) is 4.94. The Morgan fingerprint density at radius 2 is 1.91 bits per heavy atom. The topological polar surface area (TPSA) is 114 Å². The molecule has 3 rings (SSSR count). The minimum absolute atomic E-state index is 0.0302. The number of ether oxygens (including phenoxy) is 1. The summed E-state index contributed by atoms with van der Waals surface area (Å²) in [6.45, 7) is -0.791. The van der Waals surface area contributed by atoms with E-state index in [4.69, 9.17) is 10.5 Å². The third kappa shape index (κ3) is 5.29. The van der Waals surface area contributed by atoms with Gasteiger partial charge in [-0.25, -0.2) is 0 Å². The SMILES string of the molecule is Nc1c(OCCN(CCCc2c[nH]c3ccccc23)C(=O)C(F)(F)F)cccc1[N+](=O)[O-]. The molecule has 8 nitrogen and oxygen atoms in total. The smallest absolute Gasteiger partial charge is 0.471 e. The van der Waals surface area contributed by atoms with E-state index in [1.165, 1.54) is 18.2 Å². The molecule has 0 aliphatic rings. The van der Waals surface area contributed by atoms with Gasteiger partial charge in [-0.2, -0.15) is 13.2 Å². The van der Waals surface area contributed by atoms with Crippen LogP contribution in [0.4, 0.5) is 24.5 Å². The van der Waals surface area contributed by atoms with E-state index in [-0.39, 0.29) is 36.8 Å². The summed E-state index contributed by atoms with van der Waals surface area (Å²) in [6.07, 6.45) is -2.44. The number of aromatic amines is 1. The van der Waals surface area contributed by atoms with Gasteiger partial charge in [0.05, 0.1) is 11.5 Å². The standard InChI is InChI=1S/C21H21F3N4O4/c22-21(23,24)20(29)27(10-4-5-14-13-26-16-7-2-1-6-15(14)16)11-12-32-18-9-3-8-17(19(18)25)28(30)31/h1-3,6-9,13,26H,4-5,10-12,25H2. The van der Waals surface area contributed by atoms with Gasteiger partial charge < -0.3 is 20.4 Å². The number of anilines is 1. The molecule has 11 heteroatoms. The number of halogens is 3. The number of hydrogen-bond acceptors (Lipinski definition) is 5. The molecule has 1 heterocycles. The number of nitro benzene ring substituents is 1. The monoisotopic (exact) mass is 450 g/mol. The second-order valence-electron chi connectivity index (χ2n) is 7.05. The van der Waals surface area contributed by atoms with Gasteiger partial charge >= 0.3 is 12.1 Å². The summed E-state index contributed by atoms with van der Waals surface area (Å²) in [6, 6.07) is 11.5. The van der Waals surface area contributed by atoms with E-state index >= 15 is 0 Å². The maximum absolute atomic E-state index is 13.0. The molecule has 3 aromatic rings. The fourth-order valence-corrected chi connectivity index (χ4v) is 3.38. The molecule has 0 unspecified atom stereocenters. The van der Waals surface area contributed by atoms with Gasteiger partial charge in [-0.1, -0.05) is 24.3 Å². The Bertz CT molecular complexity index is 1110. The van der Waals surface area contributed by atoms with E-state index < -0.39 is 17.0 Å². The number of nitrogen functional groups attached to an aromatic ring is 1. The number of H-pyrrole nitrogens is 1. The molecule has 0 spiro atoms. The lowest BCUT2D eigenvalue weighted by Crippen LogP contribution is -2.43. The van der Waals surface area contributed by atoms with Crippen molar-refractivity contribution in [3.05, 3.63) is 64.3 Å². The molecule has 0 aliphatic carbocycles. The largest absolute Gasteiger partial charge is 0.489 e. The van der Waals surface area contributed by atoms with Crippen LogP contribution in [-0.4, -0.2) is 46.6 Å². The lowest BCUT2D eigenvalue weighted by molar-refractivity contribution is -0.384. The van der Waals surface area contributed by atoms with Crippen molar-refractivity contribution in [3.63, 3.8) is 0 Å². The van der Waals surface area contributed by atoms with E-state index in [1.807, 2.05) is 24.3 Å². The Balaban J connectivity index is 1.62. The maximum Gasteiger partial charge on any atom is 0.471 e. The minimum Gasteiger partial charge on any atom is -0.489 e. The van der Waals surface area contributed by atoms with Crippen molar-refractivity contribution in [3.8, 4) is 5.75 Å². The molecular formula is C21H21F3N4O4. The van der Waals surface area contributed by atoms with Crippen LogP contribution in [-0.2, 0) is 11.2 Å². The average molecular weight is 450 g/mol. The average Bonchev–Trinajstić information content (AvgIpc) is 3.15. The van der Waals surface area contributed by atoms with E-state index in [9.17, 15) is 28.1 Å². The summed E-state index contributed by atoms with van der Waals surface area (Å²) in [7, 11) is 0. The molecule has 0 atom stereocenters. The van der Waals surface area contributed by atoms with Crippen molar-refractivity contribution in [2.24, 2.45) is 0 Å². The number of benzene rings is 2. The molecule has 170 valence electrons. The highest BCUT2D eigenvalue weighted by Crippen LogP contribution is 2.31. The number of fused-ring (bicyclic) bond motifs is 1. The first-order valence-electron chi connectivity index (χ1n) is 9.75. The number of amides is 1. The lowest BCUT2D eigenvalue weighted by Gasteiger charge is -2.24. The zero-order valence-corrected chi connectivity index (χ0v) is 16.9. The van der Waals surface area contributed by atoms with Gasteiger partial charge in [-0.05, 0) is 30.5 Å². The van der Waals surface area contributed by atoms with Crippen molar-refractivity contribution < 1.29 is 27.6 Å². The van der Waals surface area contributed by atoms with Gasteiger partial charge in [0.15, 0.2) is 5.69 Å². The summed E-state index contributed by atoms with van der Waals surface area (Å²) in [4.78, 5) is 25.9. The summed E-state index contributed by atoms with van der Waals surface area (Å²) >= 11 is 0. The molecular weight excluding hydrogens is 429 g/mol. The number of nitrogens with two attached hydrogens (primary N) is 1. The zero-order chi connectivity index (χ0) is 23.3. The summed E-state index contributed by atoms with van der Waals surface area (Å²) in [5, 5.41) is 11.9. The minimum atomic E-state index is -5.02. The van der Waals surface area contributed by atoms with Crippen molar-refractivity contribution in [2.45, 2.75) is 19.0 Å². The first kappa shape index (κ1) is 22.9. The Morgan fingerprint density at radius 3 is 2.62 bits per heavy atom. The first-order valence-corrected chi connectivity index (χ1v) is 9.75. The third-order valence-electron chi connectivity index (χ3n) is 4.94. The molecule has 1 amide bonds. The number of aryl methyl sites for hydroxylation is 1. The lowest BCUT2D eigenvalue weighted by atomic mass is 10.1. The normalized spacial score (nSPS) is 11.5. The molecule has 0 radical (unpaired) electrons. The highest BCUT2D eigenvalue weighted by molar-refractivity contribution is 5.83. The van der Waals surface area contributed by atoms with Crippen molar-refractivity contribution in [1.82, 2.24) is 9.88 Å². The molecule has 32 heavy (non-hydrogen) atoms. The van der Waals surface area contributed by atoms with E-state index in [1.54, 1.807) is 6.20 Å². The van der Waals surface area contributed by atoms with Crippen LogP contribution >= 0.6 is 0 Å². The van der Waals surface area contributed by atoms with Gasteiger partial charge in [0.1, 0.15) is 12.4 Å². The summed E-state index contributed by atoms with van der Waals surface area (Å²) < 4.78 is 44.4. The Labute approximate surface area is 180 Å². The number of nitrogens with zero attached hydrogens (tertiary/aromatic N) is 2. The Kier molecular flexibility index (Phi) is 6.86. The van der Waals surface area contributed by atoms with Crippen molar-refractivity contribution in [1.29, 1.82) is 0 Å². The highest BCUT2D eigenvalue weighted by atomic mass is 19.4. The van der Waals surface area contributed by atoms with Crippen LogP contribution < -0.4 is 10.5 Å². The van der Waals surface area contributed by atoms with Crippen LogP contribution in [0.25, 0.3) is 10.9 Å². The highest BCUT2D eigenvalue weighted by Gasteiger charge is 2.42. The molecule has 0 saturated carbocycles. The predicted molar refractivity (Wildman–Crippen MR) is 112 cm³/mol. The Hall–Kier alpha value is -3.76. The quantitative estimate of drug-likeness (QED) is 0.290. The Morgan fingerprint density at radius 1 is 1.16 bits per heavy atom. The molecule has 0 bridgehead atoms. The number of carbonyl (C=O) groups is 1. The summed E-state index contributed by atoms with van der Waals surface area (Å²) in [5.41, 5.74) is 6.95. The number of rotatable bonds is 9. The second kappa shape index (κ2) is 9.58. The van der Waals surface area contributed by atoms with Gasteiger partial charge in [-0.15, -0.1) is 0 Å².